The number of aryl methyl sites for hydroxylation is 1. The summed E-state index contributed by atoms with van der Waals surface area (Å²) in [5.41, 5.74) is 2.21. The first kappa shape index (κ1) is 12.3. The molecule has 2 heterocycles. The molecule has 0 radical (unpaired) electrons. The smallest absolute Gasteiger partial charge is 0.147 e. The van der Waals surface area contributed by atoms with Gasteiger partial charge in [0.2, 0.25) is 0 Å². The van der Waals surface area contributed by atoms with Crippen molar-refractivity contribution in [2.75, 3.05) is 11.9 Å². The van der Waals surface area contributed by atoms with Gasteiger partial charge in [0, 0.05) is 12.6 Å². The van der Waals surface area contributed by atoms with E-state index >= 15 is 0 Å². The number of hydrogen-bond acceptors (Lipinski definition) is 5. The van der Waals surface area contributed by atoms with Crippen molar-refractivity contribution in [1.29, 1.82) is 0 Å². The van der Waals surface area contributed by atoms with Crippen molar-refractivity contribution in [3.63, 3.8) is 0 Å². The molecule has 0 saturated carbocycles. The third-order valence-corrected chi connectivity index (χ3v) is 3.94. The summed E-state index contributed by atoms with van der Waals surface area (Å²) >= 11 is 1.66. The maximum atomic E-state index is 8.99. The fourth-order valence-electron chi connectivity index (χ4n) is 1.80. The van der Waals surface area contributed by atoms with Crippen LogP contribution in [0.5, 0.6) is 0 Å². The quantitative estimate of drug-likeness (QED) is 0.857. The second-order valence-corrected chi connectivity index (χ2v) is 4.96. The van der Waals surface area contributed by atoms with Gasteiger partial charge in [-0.25, -0.2) is 9.97 Å². The molecule has 2 aromatic heterocycles. The van der Waals surface area contributed by atoms with E-state index in [9.17, 15) is 0 Å². The van der Waals surface area contributed by atoms with Crippen LogP contribution in [0.25, 0.3) is 10.2 Å². The Balaban J connectivity index is 2.29. The van der Waals surface area contributed by atoms with E-state index in [1.807, 2.05) is 0 Å². The van der Waals surface area contributed by atoms with Crippen LogP contribution in [0.4, 0.5) is 5.82 Å². The third-order valence-electron chi connectivity index (χ3n) is 2.84. The lowest BCUT2D eigenvalue weighted by Crippen LogP contribution is -2.20. The molecule has 92 valence electrons. The maximum Gasteiger partial charge on any atom is 0.147 e. The van der Waals surface area contributed by atoms with Gasteiger partial charge in [-0.2, -0.15) is 0 Å². The summed E-state index contributed by atoms with van der Waals surface area (Å²) in [5.74, 6) is 0.883. The van der Waals surface area contributed by atoms with Crippen LogP contribution in [0, 0.1) is 6.92 Å². The molecular formula is C12H17N3OS. The zero-order chi connectivity index (χ0) is 12.3. The summed E-state index contributed by atoms with van der Waals surface area (Å²) in [4.78, 5) is 8.59. The van der Waals surface area contributed by atoms with E-state index in [1.54, 1.807) is 17.7 Å². The van der Waals surface area contributed by atoms with Crippen molar-refractivity contribution < 1.29 is 5.11 Å². The Bertz CT molecular complexity index is 497. The first-order valence-corrected chi connectivity index (χ1v) is 6.70. The van der Waals surface area contributed by atoms with Gasteiger partial charge in [0.05, 0.1) is 10.2 Å². The number of aliphatic hydroxyl groups is 1. The molecule has 0 aliphatic carbocycles. The van der Waals surface area contributed by atoms with E-state index in [2.05, 4.69) is 34.5 Å². The minimum Gasteiger partial charge on any atom is -0.396 e. The lowest BCUT2D eigenvalue weighted by atomic mass is 10.1. The number of anilines is 1. The number of fused-ring (bicyclic) bond motifs is 1. The first-order chi connectivity index (χ1) is 8.26. The Hall–Kier alpha value is -1.20. The van der Waals surface area contributed by atoms with E-state index in [-0.39, 0.29) is 12.6 Å². The van der Waals surface area contributed by atoms with Gasteiger partial charge in [-0.3, -0.25) is 0 Å². The number of rotatable bonds is 5. The van der Waals surface area contributed by atoms with E-state index in [0.717, 1.165) is 28.9 Å². The summed E-state index contributed by atoms with van der Waals surface area (Å²) in [6.45, 7) is 4.36. The standard InChI is InChI=1S/C12H17N3OS/c1-3-9(4-5-16)15-12-11-10(13-7-14-12)8(2)6-17-11/h6-7,9,16H,3-5H2,1-2H3,(H,13,14,15). The Morgan fingerprint density at radius 2 is 2.29 bits per heavy atom. The van der Waals surface area contributed by atoms with Crippen molar-refractivity contribution in [2.24, 2.45) is 0 Å². The van der Waals surface area contributed by atoms with Crippen LogP contribution in [0.1, 0.15) is 25.3 Å². The number of aromatic nitrogens is 2. The fraction of sp³-hybridized carbons (Fsp3) is 0.500. The summed E-state index contributed by atoms with van der Waals surface area (Å²) in [6, 6.07) is 0.264. The lowest BCUT2D eigenvalue weighted by Gasteiger charge is -2.16. The molecule has 0 amide bonds. The van der Waals surface area contributed by atoms with Crippen LogP contribution in [0.15, 0.2) is 11.7 Å². The van der Waals surface area contributed by atoms with Crippen molar-refractivity contribution in [1.82, 2.24) is 9.97 Å². The van der Waals surface area contributed by atoms with Crippen LogP contribution in [0.3, 0.4) is 0 Å². The highest BCUT2D eigenvalue weighted by Crippen LogP contribution is 2.29. The van der Waals surface area contributed by atoms with Crippen LogP contribution in [-0.4, -0.2) is 27.7 Å². The molecule has 1 unspecified atom stereocenters. The molecule has 2 rings (SSSR count). The van der Waals surface area contributed by atoms with Gasteiger partial charge in [0.1, 0.15) is 12.1 Å². The van der Waals surface area contributed by atoms with E-state index in [1.165, 1.54) is 5.56 Å². The van der Waals surface area contributed by atoms with Crippen molar-refractivity contribution in [3.8, 4) is 0 Å². The molecule has 0 bridgehead atoms. The van der Waals surface area contributed by atoms with Gasteiger partial charge in [-0.05, 0) is 30.7 Å². The van der Waals surface area contributed by atoms with Crippen LogP contribution in [-0.2, 0) is 0 Å². The minimum atomic E-state index is 0.198. The Kier molecular flexibility index (Phi) is 3.91. The molecule has 2 aromatic rings. The Morgan fingerprint density at radius 1 is 1.47 bits per heavy atom. The molecule has 17 heavy (non-hydrogen) atoms. The van der Waals surface area contributed by atoms with Gasteiger partial charge in [-0.1, -0.05) is 6.92 Å². The average molecular weight is 251 g/mol. The highest BCUT2D eigenvalue weighted by atomic mass is 32.1. The molecule has 1 atom stereocenters. The topological polar surface area (TPSA) is 58.0 Å². The Morgan fingerprint density at radius 3 is 3.00 bits per heavy atom. The van der Waals surface area contributed by atoms with Gasteiger partial charge in [0.25, 0.3) is 0 Å². The highest BCUT2D eigenvalue weighted by Gasteiger charge is 2.11. The van der Waals surface area contributed by atoms with Gasteiger partial charge < -0.3 is 10.4 Å². The van der Waals surface area contributed by atoms with Gasteiger partial charge in [0.15, 0.2) is 0 Å². The number of aliphatic hydroxyl groups excluding tert-OH is 1. The third kappa shape index (κ3) is 2.56. The van der Waals surface area contributed by atoms with E-state index in [4.69, 9.17) is 5.11 Å². The largest absolute Gasteiger partial charge is 0.396 e. The summed E-state index contributed by atoms with van der Waals surface area (Å²) in [6.07, 6.45) is 3.30. The molecule has 4 nitrogen and oxygen atoms in total. The molecule has 5 heteroatoms. The van der Waals surface area contributed by atoms with Crippen LogP contribution < -0.4 is 5.32 Å². The fourth-order valence-corrected chi connectivity index (χ4v) is 2.75. The minimum absolute atomic E-state index is 0.198. The molecule has 2 N–H and O–H groups in total. The molecule has 0 aromatic carbocycles. The van der Waals surface area contributed by atoms with Crippen LogP contribution >= 0.6 is 11.3 Å². The zero-order valence-corrected chi connectivity index (χ0v) is 10.9. The molecule has 0 aliphatic heterocycles. The zero-order valence-electron chi connectivity index (χ0n) is 10.1. The second-order valence-electron chi connectivity index (χ2n) is 4.08. The maximum absolute atomic E-state index is 8.99. The van der Waals surface area contributed by atoms with Gasteiger partial charge >= 0.3 is 0 Å². The summed E-state index contributed by atoms with van der Waals surface area (Å²) in [7, 11) is 0. The SMILES string of the molecule is CCC(CCO)Nc1ncnc2c(C)csc12. The summed E-state index contributed by atoms with van der Waals surface area (Å²) < 4.78 is 1.10. The summed E-state index contributed by atoms with van der Waals surface area (Å²) in [5, 5.41) is 14.5. The molecule has 0 spiro atoms. The first-order valence-electron chi connectivity index (χ1n) is 5.82. The molecule has 0 fully saturated rings. The molecular weight excluding hydrogens is 234 g/mol. The average Bonchev–Trinajstić information content (AvgIpc) is 2.72. The van der Waals surface area contributed by atoms with E-state index in [0.29, 0.717) is 0 Å². The van der Waals surface area contributed by atoms with Crippen LogP contribution in [0.2, 0.25) is 0 Å². The number of hydrogen-bond donors (Lipinski definition) is 2. The number of nitrogens with one attached hydrogen (secondary N) is 1. The number of thiophene rings is 1. The highest BCUT2D eigenvalue weighted by molar-refractivity contribution is 7.18. The normalized spacial score (nSPS) is 12.9. The van der Waals surface area contributed by atoms with Gasteiger partial charge in [-0.15, -0.1) is 11.3 Å². The van der Waals surface area contributed by atoms with E-state index < -0.39 is 0 Å². The molecule has 0 aliphatic rings. The van der Waals surface area contributed by atoms with Crippen molar-refractivity contribution in [2.45, 2.75) is 32.7 Å². The monoisotopic (exact) mass is 251 g/mol. The number of nitrogens with zero attached hydrogens (tertiary/aromatic N) is 2. The van der Waals surface area contributed by atoms with Crippen molar-refractivity contribution in [3.05, 3.63) is 17.3 Å². The second kappa shape index (κ2) is 5.42. The predicted molar refractivity (Wildman–Crippen MR) is 71.6 cm³/mol. The lowest BCUT2D eigenvalue weighted by molar-refractivity contribution is 0.278. The Labute approximate surface area is 105 Å². The molecule has 0 saturated heterocycles. The predicted octanol–water partition coefficient (Wildman–Crippen LogP) is 2.57. The van der Waals surface area contributed by atoms with Crippen molar-refractivity contribution >= 4 is 27.4 Å².